The number of amides is 1. The molecule has 0 saturated heterocycles. The molecule has 0 spiro atoms. The van der Waals surface area contributed by atoms with E-state index in [9.17, 15) is 4.79 Å². The number of furan rings is 1. The van der Waals surface area contributed by atoms with E-state index in [2.05, 4.69) is 4.98 Å². The number of aromatic nitrogens is 1. The Bertz CT molecular complexity index is 558. The quantitative estimate of drug-likeness (QED) is 0.821. The van der Waals surface area contributed by atoms with Crippen molar-refractivity contribution in [3.63, 3.8) is 0 Å². The second-order valence-corrected chi connectivity index (χ2v) is 3.95. The van der Waals surface area contributed by atoms with Gasteiger partial charge in [0.05, 0.1) is 25.3 Å². The number of rotatable bonds is 5. The summed E-state index contributed by atoms with van der Waals surface area (Å²) in [6.45, 7) is 0.730. The van der Waals surface area contributed by atoms with Crippen LogP contribution in [0.25, 0.3) is 0 Å². The summed E-state index contributed by atoms with van der Waals surface area (Å²) in [5.74, 6) is 0.564. The van der Waals surface area contributed by atoms with Gasteiger partial charge in [-0.25, -0.2) is 0 Å². The monoisotopic (exact) mass is 255 g/mol. The molecule has 0 atom stereocenters. The molecule has 0 aliphatic carbocycles. The second-order valence-electron chi connectivity index (χ2n) is 3.95. The minimum atomic E-state index is -0.131. The molecule has 0 aromatic carbocycles. The molecule has 96 valence electrons. The maximum absolute atomic E-state index is 12.3. The number of carbonyl (C=O) groups excluding carboxylic acids is 1. The molecule has 0 bridgehead atoms. The van der Waals surface area contributed by atoms with Gasteiger partial charge in [0.25, 0.3) is 5.91 Å². The van der Waals surface area contributed by atoms with Gasteiger partial charge >= 0.3 is 0 Å². The highest BCUT2D eigenvalue weighted by Gasteiger charge is 2.16. The molecule has 2 rings (SSSR count). The fraction of sp³-hybridized carbons (Fsp3) is 0.214. The Kier molecular flexibility index (Phi) is 4.29. The predicted octanol–water partition coefficient (Wildman–Crippen LogP) is 2.23. The van der Waals surface area contributed by atoms with Gasteiger partial charge in [-0.05, 0) is 24.3 Å². The van der Waals surface area contributed by atoms with Gasteiger partial charge in [0.2, 0.25) is 0 Å². The molecule has 0 N–H and O–H groups in total. The third-order valence-corrected chi connectivity index (χ3v) is 2.63. The molecule has 2 heterocycles. The van der Waals surface area contributed by atoms with Crippen LogP contribution in [-0.2, 0) is 6.54 Å². The summed E-state index contributed by atoms with van der Waals surface area (Å²) in [4.78, 5) is 17.8. The number of nitriles is 1. The fourth-order valence-electron chi connectivity index (χ4n) is 1.71. The van der Waals surface area contributed by atoms with Crippen molar-refractivity contribution in [1.29, 1.82) is 5.26 Å². The molecule has 0 fully saturated rings. The molecule has 0 unspecified atom stereocenters. The lowest BCUT2D eigenvalue weighted by Gasteiger charge is -2.20. The number of carbonyl (C=O) groups is 1. The molecule has 0 aliphatic heterocycles. The van der Waals surface area contributed by atoms with Crippen molar-refractivity contribution in [2.75, 3.05) is 6.54 Å². The molecule has 5 heteroatoms. The van der Waals surface area contributed by atoms with Gasteiger partial charge in [0, 0.05) is 24.5 Å². The van der Waals surface area contributed by atoms with Gasteiger partial charge in [0.15, 0.2) is 0 Å². The molecule has 0 aliphatic rings. The van der Waals surface area contributed by atoms with Crippen LogP contribution in [0.15, 0.2) is 47.3 Å². The van der Waals surface area contributed by atoms with E-state index in [4.69, 9.17) is 9.68 Å². The van der Waals surface area contributed by atoms with Crippen molar-refractivity contribution >= 4 is 5.91 Å². The van der Waals surface area contributed by atoms with Crippen molar-refractivity contribution in [3.8, 4) is 6.07 Å². The van der Waals surface area contributed by atoms with Crippen LogP contribution in [0.3, 0.4) is 0 Å². The third kappa shape index (κ3) is 3.42. The van der Waals surface area contributed by atoms with Crippen molar-refractivity contribution < 1.29 is 9.21 Å². The van der Waals surface area contributed by atoms with Crippen molar-refractivity contribution in [1.82, 2.24) is 9.88 Å². The van der Waals surface area contributed by atoms with Crippen molar-refractivity contribution in [3.05, 3.63) is 54.2 Å². The first kappa shape index (κ1) is 12.8. The number of hydrogen-bond acceptors (Lipinski definition) is 4. The summed E-state index contributed by atoms with van der Waals surface area (Å²) in [5.41, 5.74) is 0.555. The highest BCUT2D eigenvalue weighted by atomic mass is 16.3. The largest absolute Gasteiger partial charge is 0.467 e. The van der Waals surface area contributed by atoms with Gasteiger partial charge in [0.1, 0.15) is 5.76 Å². The van der Waals surface area contributed by atoms with E-state index in [-0.39, 0.29) is 12.3 Å². The van der Waals surface area contributed by atoms with Crippen molar-refractivity contribution in [2.45, 2.75) is 13.0 Å². The Balaban J connectivity index is 2.13. The summed E-state index contributed by atoms with van der Waals surface area (Å²) < 4.78 is 5.24. The van der Waals surface area contributed by atoms with Crippen LogP contribution in [0.1, 0.15) is 22.5 Å². The first-order chi connectivity index (χ1) is 9.31. The zero-order chi connectivity index (χ0) is 13.5. The molecule has 2 aromatic rings. The van der Waals surface area contributed by atoms with Crippen molar-refractivity contribution in [2.24, 2.45) is 0 Å². The minimum absolute atomic E-state index is 0.131. The summed E-state index contributed by atoms with van der Waals surface area (Å²) in [6.07, 6.45) is 5.00. The van der Waals surface area contributed by atoms with Gasteiger partial charge in [-0.15, -0.1) is 0 Å². The average Bonchev–Trinajstić information content (AvgIpc) is 2.96. The van der Waals surface area contributed by atoms with Gasteiger partial charge in [-0.3, -0.25) is 9.78 Å². The Labute approximate surface area is 111 Å². The Morgan fingerprint density at radius 1 is 1.37 bits per heavy atom. The van der Waals surface area contributed by atoms with Crippen LogP contribution in [0.2, 0.25) is 0 Å². The molecular formula is C14H13N3O2. The van der Waals surface area contributed by atoms with Crippen LogP contribution in [0, 0.1) is 11.3 Å². The topological polar surface area (TPSA) is 70.1 Å². The maximum atomic E-state index is 12.3. The smallest absolute Gasteiger partial charge is 0.254 e. The first-order valence-corrected chi connectivity index (χ1v) is 5.90. The van der Waals surface area contributed by atoms with E-state index < -0.39 is 0 Å². The van der Waals surface area contributed by atoms with Crippen LogP contribution in [-0.4, -0.2) is 22.3 Å². The predicted molar refractivity (Wildman–Crippen MR) is 67.9 cm³/mol. The van der Waals surface area contributed by atoms with E-state index in [1.54, 1.807) is 47.8 Å². The first-order valence-electron chi connectivity index (χ1n) is 5.90. The lowest BCUT2D eigenvalue weighted by molar-refractivity contribution is 0.0735. The van der Waals surface area contributed by atoms with Crippen LogP contribution < -0.4 is 0 Å². The number of hydrogen-bond donors (Lipinski definition) is 0. The number of pyridine rings is 1. The van der Waals surface area contributed by atoms with Crippen LogP contribution in [0.5, 0.6) is 0 Å². The molecule has 2 aromatic heterocycles. The Morgan fingerprint density at radius 3 is 2.79 bits per heavy atom. The molecular weight excluding hydrogens is 242 g/mol. The van der Waals surface area contributed by atoms with E-state index in [1.807, 2.05) is 6.07 Å². The SMILES string of the molecule is N#CCCN(Cc1ccco1)C(=O)c1ccncc1. The van der Waals surface area contributed by atoms with Crippen LogP contribution in [0.4, 0.5) is 0 Å². The lowest BCUT2D eigenvalue weighted by atomic mass is 10.2. The van der Waals surface area contributed by atoms with Gasteiger partial charge < -0.3 is 9.32 Å². The zero-order valence-corrected chi connectivity index (χ0v) is 10.3. The number of nitrogens with zero attached hydrogens (tertiary/aromatic N) is 3. The van der Waals surface area contributed by atoms with Gasteiger partial charge in [-0.1, -0.05) is 0 Å². The second kappa shape index (κ2) is 6.36. The summed E-state index contributed by atoms with van der Waals surface area (Å²) >= 11 is 0. The molecule has 0 radical (unpaired) electrons. The minimum Gasteiger partial charge on any atom is -0.467 e. The normalized spacial score (nSPS) is 9.84. The van der Waals surface area contributed by atoms with E-state index in [0.717, 1.165) is 0 Å². The summed E-state index contributed by atoms with van der Waals surface area (Å²) in [5, 5.41) is 8.67. The van der Waals surface area contributed by atoms with E-state index in [1.165, 1.54) is 0 Å². The van der Waals surface area contributed by atoms with Gasteiger partial charge in [-0.2, -0.15) is 5.26 Å². The van der Waals surface area contributed by atoms with E-state index in [0.29, 0.717) is 24.4 Å². The lowest BCUT2D eigenvalue weighted by Crippen LogP contribution is -2.31. The molecule has 19 heavy (non-hydrogen) atoms. The highest BCUT2D eigenvalue weighted by Crippen LogP contribution is 2.10. The average molecular weight is 255 g/mol. The summed E-state index contributed by atoms with van der Waals surface area (Å²) in [7, 11) is 0. The molecule has 1 amide bonds. The Morgan fingerprint density at radius 2 is 2.16 bits per heavy atom. The Hall–Kier alpha value is -2.61. The molecule has 5 nitrogen and oxygen atoms in total. The zero-order valence-electron chi connectivity index (χ0n) is 10.3. The standard InChI is InChI=1S/C14H13N3O2/c15-6-2-9-17(11-13-3-1-10-19-13)14(18)12-4-7-16-8-5-12/h1,3-5,7-8,10H,2,9,11H2. The highest BCUT2D eigenvalue weighted by molar-refractivity contribution is 5.94. The third-order valence-electron chi connectivity index (χ3n) is 2.63. The van der Waals surface area contributed by atoms with E-state index >= 15 is 0 Å². The molecule has 0 saturated carbocycles. The van der Waals surface area contributed by atoms with Crippen LogP contribution >= 0.6 is 0 Å². The fourth-order valence-corrected chi connectivity index (χ4v) is 1.71. The summed E-state index contributed by atoms with van der Waals surface area (Å²) in [6, 6.07) is 8.94. The maximum Gasteiger partial charge on any atom is 0.254 e.